The van der Waals surface area contributed by atoms with Crippen LogP contribution in [-0.4, -0.2) is 19.4 Å². The molecule has 0 saturated carbocycles. The summed E-state index contributed by atoms with van der Waals surface area (Å²) < 4.78 is 49.6. The van der Waals surface area contributed by atoms with Crippen LogP contribution in [0.5, 0.6) is 5.75 Å². The van der Waals surface area contributed by atoms with Crippen LogP contribution in [0.15, 0.2) is 42.0 Å². The number of halogens is 3. The number of ether oxygens (including phenoxy) is 2. The molecule has 1 aromatic carbocycles. The van der Waals surface area contributed by atoms with Crippen molar-refractivity contribution < 1.29 is 22.6 Å². The van der Waals surface area contributed by atoms with Crippen molar-refractivity contribution in [3.63, 3.8) is 0 Å². The van der Waals surface area contributed by atoms with Gasteiger partial charge in [0.15, 0.2) is 0 Å². The van der Waals surface area contributed by atoms with Gasteiger partial charge in [0, 0.05) is 5.56 Å². The maximum atomic E-state index is 13.0. The normalized spacial score (nSPS) is 18.6. The summed E-state index contributed by atoms with van der Waals surface area (Å²) in [6, 6.07) is 6.76. The Morgan fingerprint density at radius 3 is 2.38 bits per heavy atom. The summed E-state index contributed by atoms with van der Waals surface area (Å²) in [6.45, 7) is 1.91. The van der Waals surface area contributed by atoms with Crippen LogP contribution in [0.1, 0.15) is 25.3 Å². The van der Waals surface area contributed by atoms with Gasteiger partial charge in [0.2, 0.25) is 0 Å². The van der Waals surface area contributed by atoms with E-state index >= 15 is 0 Å². The van der Waals surface area contributed by atoms with Crippen molar-refractivity contribution in [3.8, 4) is 5.75 Å². The van der Waals surface area contributed by atoms with Crippen molar-refractivity contribution in [2.45, 2.75) is 32.0 Å². The van der Waals surface area contributed by atoms with E-state index in [9.17, 15) is 13.2 Å². The Morgan fingerprint density at radius 2 is 1.86 bits per heavy atom. The zero-order chi connectivity index (χ0) is 15.5. The Hall–Kier alpha value is -1.91. The van der Waals surface area contributed by atoms with Crippen molar-refractivity contribution in [2.24, 2.45) is 0 Å². The van der Waals surface area contributed by atoms with Crippen molar-refractivity contribution in [1.29, 1.82) is 0 Å². The number of allylic oxidation sites excluding steroid dienone is 2. The van der Waals surface area contributed by atoms with Gasteiger partial charge < -0.3 is 9.47 Å². The van der Waals surface area contributed by atoms with Crippen molar-refractivity contribution in [2.75, 3.05) is 7.11 Å². The highest BCUT2D eigenvalue weighted by atomic mass is 19.4. The zero-order valence-electron chi connectivity index (χ0n) is 11.9. The van der Waals surface area contributed by atoms with Gasteiger partial charge in [-0.1, -0.05) is 13.3 Å². The second-order valence-electron chi connectivity index (χ2n) is 4.80. The van der Waals surface area contributed by atoms with Gasteiger partial charge in [0.05, 0.1) is 12.7 Å². The van der Waals surface area contributed by atoms with Crippen LogP contribution < -0.4 is 4.74 Å². The van der Waals surface area contributed by atoms with E-state index < -0.39 is 17.9 Å². The predicted molar refractivity (Wildman–Crippen MR) is 74.9 cm³/mol. The topological polar surface area (TPSA) is 18.5 Å². The molecule has 21 heavy (non-hydrogen) atoms. The Bertz CT molecular complexity index is 542. The van der Waals surface area contributed by atoms with Gasteiger partial charge >= 0.3 is 6.18 Å². The van der Waals surface area contributed by atoms with Crippen molar-refractivity contribution in [1.82, 2.24) is 0 Å². The smallest absolute Gasteiger partial charge is 0.416 e. The number of benzene rings is 1. The standard InChI is InChI=1S/C16H17F3O2/c1-3-4-14-9-12(16(17,18)19)10-15(21-14)11-5-7-13(20-2)8-6-11/h5-10,14H,3-4H2,1-2H3. The first-order valence-electron chi connectivity index (χ1n) is 6.76. The molecule has 0 radical (unpaired) electrons. The monoisotopic (exact) mass is 298 g/mol. The van der Waals surface area contributed by atoms with Gasteiger partial charge in [-0.05, 0) is 42.8 Å². The molecule has 2 rings (SSSR count). The molecule has 1 aromatic rings. The lowest BCUT2D eigenvalue weighted by Crippen LogP contribution is -2.20. The van der Waals surface area contributed by atoms with E-state index in [0.717, 1.165) is 18.6 Å². The molecule has 0 fully saturated rings. The second-order valence-corrected chi connectivity index (χ2v) is 4.80. The lowest BCUT2D eigenvalue weighted by molar-refractivity contribution is -0.0898. The zero-order valence-corrected chi connectivity index (χ0v) is 11.9. The minimum Gasteiger partial charge on any atom is -0.497 e. The van der Waals surface area contributed by atoms with Crippen LogP contribution in [0.3, 0.4) is 0 Å². The molecule has 1 aliphatic rings. The van der Waals surface area contributed by atoms with E-state index in [1.54, 1.807) is 24.3 Å². The Morgan fingerprint density at radius 1 is 1.19 bits per heavy atom. The third-order valence-electron chi connectivity index (χ3n) is 3.21. The molecule has 0 N–H and O–H groups in total. The average molecular weight is 298 g/mol. The summed E-state index contributed by atoms with van der Waals surface area (Å²) in [5.74, 6) is 0.887. The Labute approximate surface area is 121 Å². The van der Waals surface area contributed by atoms with Gasteiger partial charge in [-0.2, -0.15) is 13.2 Å². The largest absolute Gasteiger partial charge is 0.497 e. The molecule has 1 unspecified atom stereocenters. The second kappa shape index (κ2) is 6.24. The van der Waals surface area contributed by atoms with E-state index in [4.69, 9.17) is 9.47 Å². The lowest BCUT2D eigenvalue weighted by Gasteiger charge is -2.24. The molecule has 0 aliphatic carbocycles. The minimum atomic E-state index is -4.37. The van der Waals surface area contributed by atoms with Crippen molar-refractivity contribution >= 4 is 5.76 Å². The van der Waals surface area contributed by atoms with Crippen LogP contribution >= 0.6 is 0 Å². The fourth-order valence-corrected chi connectivity index (χ4v) is 2.13. The maximum absolute atomic E-state index is 13.0. The summed E-state index contributed by atoms with van der Waals surface area (Å²) in [4.78, 5) is 0. The molecule has 5 heteroatoms. The first kappa shape index (κ1) is 15.5. The van der Waals surface area contributed by atoms with Crippen molar-refractivity contribution in [3.05, 3.63) is 47.6 Å². The fraction of sp³-hybridized carbons (Fsp3) is 0.375. The third-order valence-corrected chi connectivity index (χ3v) is 3.21. The van der Waals surface area contributed by atoms with E-state index in [-0.39, 0.29) is 5.76 Å². The van der Waals surface area contributed by atoms with E-state index in [1.165, 1.54) is 7.11 Å². The predicted octanol–water partition coefficient (Wildman–Crippen LogP) is 4.72. The van der Waals surface area contributed by atoms with Crippen LogP contribution in [0.25, 0.3) is 5.76 Å². The molecule has 114 valence electrons. The summed E-state index contributed by atoms with van der Waals surface area (Å²) in [6.07, 6.45) is -1.42. The molecule has 0 saturated heterocycles. The average Bonchev–Trinajstić information content (AvgIpc) is 2.46. The highest BCUT2D eigenvalue weighted by Gasteiger charge is 2.35. The van der Waals surface area contributed by atoms with Gasteiger partial charge in [-0.3, -0.25) is 0 Å². The lowest BCUT2D eigenvalue weighted by atomic mass is 10.0. The van der Waals surface area contributed by atoms with Gasteiger partial charge in [0.1, 0.15) is 17.6 Å². The molecule has 0 spiro atoms. The van der Waals surface area contributed by atoms with E-state index in [2.05, 4.69) is 0 Å². The number of rotatable bonds is 4. The first-order valence-corrected chi connectivity index (χ1v) is 6.76. The van der Waals surface area contributed by atoms with E-state index in [1.807, 2.05) is 6.92 Å². The molecule has 2 nitrogen and oxygen atoms in total. The quantitative estimate of drug-likeness (QED) is 0.800. The maximum Gasteiger partial charge on any atom is 0.416 e. The molecule has 1 aliphatic heterocycles. The molecule has 1 atom stereocenters. The molecular formula is C16H17F3O2. The van der Waals surface area contributed by atoms with Crippen LogP contribution in [0.4, 0.5) is 13.2 Å². The van der Waals surface area contributed by atoms with Crippen LogP contribution in [0, 0.1) is 0 Å². The first-order chi connectivity index (χ1) is 9.94. The van der Waals surface area contributed by atoms with Crippen LogP contribution in [0.2, 0.25) is 0 Å². The Kier molecular flexibility index (Phi) is 4.60. The highest BCUT2D eigenvalue weighted by Crippen LogP contribution is 2.35. The summed E-state index contributed by atoms with van der Waals surface area (Å²) in [5, 5.41) is 0. The Balaban J connectivity index is 2.32. The van der Waals surface area contributed by atoms with Gasteiger partial charge in [0.25, 0.3) is 0 Å². The fourth-order valence-electron chi connectivity index (χ4n) is 2.13. The summed E-state index contributed by atoms with van der Waals surface area (Å²) >= 11 is 0. The SMILES string of the molecule is CCCC1C=C(C(F)(F)F)C=C(c2ccc(OC)cc2)O1. The summed E-state index contributed by atoms with van der Waals surface area (Å²) in [7, 11) is 1.53. The minimum absolute atomic E-state index is 0.242. The number of alkyl halides is 3. The molecular weight excluding hydrogens is 281 g/mol. The molecule has 0 amide bonds. The highest BCUT2D eigenvalue weighted by molar-refractivity contribution is 5.65. The molecule has 1 heterocycles. The number of methoxy groups -OCH3 is 1. The van der Waals surface area contributed by atoms with Gasteiger partial charge in [-0.15, -0.1) is 0 Å². The summed E-state index contributed by atoms with van der Waals surface area (Å²) in [5.41, 5.74) is -0.0511. The van der Waals surface area contributed by atoms with Crippen LogP contribution in [-0.2, 0) is 4.74 Å². The molecule has 0 aromatic heterocycles. The third kappa shape index (κ3) is 3.80. The number of hydrogen-bond donors (Lipinski definition) is 0. The number of hydrogen-bond acceptors (Lipinski definition) is 2. The molecule has 0 bridgehead atoms. The van der Waals surface area contributed by atoms with E-state index in [0.29, 0.717) is 17.7 Å². The van der Waals surface area contributed by atoms with Gasteiger partial charge in [-0.25, -0.2) is 0 Å².